The molecule has 1 aromatic rings. The Hall–Kier alpha value is -0.380. The van der Waals surface area contributed by atoms with Gasteiger partial charge < -0.3 is 11.1 Å². The van der Waals surface area contributed by atoms with Crippen molar-refractivity contribution in [3.05, 3.63) is 21.9 Å². The molecule has 0 saturated heterocycles. The number of hydrogen-bond donors (Lipinski definition) is 2. The molecule has 0 spiro atoms. The lowest BCUT2D eigenvalue weighted by Gasteiger charge is -2.02. The molecule has 0 aliphatic heterocycles. The van der Waals surface area contributed by atoms with Gasteiger partial charge in [-0.25, -0.2) is 0 Å². The van der Waals surface area contributed by atoms with Crippen LogP contribution in [0.25, 0.3) is 0 Å². The molecular weight excluding hydrogens is 180 g/mol. The third-order valence-corrected chi connectivity index (χ3v) is 3.14. The first-order valence-corrected chi connectivity index (χ1v) is 5.66. The van der Waals surface area contributed by atoms with Crippen molar-refractivity contribution in [2.24, 2.45) is 5.73 Å². The van der Waals surface area contributed by atoms with Crippen molar-refractivity contribution in [3.63, 3.8) is 0 Å². The zero-order valence-corrected chi connectivity index (χ0v) is 8.99. The monoisotopic (exact) mass is 198 g/mol. The molecule has 2 nitrogen and oxygen atoms in total. The molecule has 13 heavy (non-hydrogen) atoms. The molecular formula is C10H18N2S. The smallest absolute Gasteiger partial charge is 0.00870 e. The van der Waals surface area contributed by atoms with Crippen molar-refractivity contribution in [2.45, 2.75) is 19.8 Å². The molecule has 3 heteroatoms. The van der Waals surface area contributed by atoms with Gasteiger partial charge in [-0.05, 0) is 56.4 Å². The first-order chi connectivity index (χ1) is 6.34. The van der Waals surface area contributed by atoms with Crippen LogP contribution in [0.5, 0.6) is 0 Å². The van der Waals surface area contributed by atoms with E-state index in [1.807, 2.05) is 11.3 Å². The molecule has 0 aliphatic rings. The van der Waals surface area contributed by atoms with Gasteiger partial charge in [-0.1, -0.05) is 0 Å². The first kappa shape index (κ1) is 10.7. The fourth-order valence-corrected chi connectivity index (χ4v) is 2.12. The van der Waals surface area contributed by atoms with Gasteiger partial charge in [0.25, 0.3) is 0 Å². The van der Waals surface area contributed by atoms with Gasteiger partial charge in [0.1, 0.15) is 0 Å². The summed E-state index contributed by atoms with van der Waals surface area (Å²) in [6.07, 6.45) is 2.22. The van der Waals surface area contributed by atoms with Crippen LogP contribution in [-0.2, 0) is 6.42 Å². The summed E-state index contributed by atoms with van der Waals surface area (Å²) in [5, 5.41) is 5.54. The van der Waals surface area contributed by atoms with Crippen LogP contribution in [0, 0.1) is 6.92 Å². The molecule has 0 radical (unpaired) electrons. The van der Waals surface area contributed by atoms with Crippen molar-refractivity contribution >= 4 is 11.3 Å². The largest absolute Gasteiger partial charge is 0.330 e. The number of aryl methyl sites for hydroxylation is 1. The van der Waals surface area contributed by atoms with Crippen molar-refractivity contribution in [1.29, 1.82) is 0 Å². The van der Waals surface area contributed by atoms with Gasteiger partial charge in [-0.3, -0.25) is 0 Å². The van der Waals surface area contributed by atoms with Crippen LogP contribution in [0.4, 0.5) is 0 Å². The lowest BCUT2D eigenvalue weighted by Crippen LogP contribution is -2.20. The van der Waals surface area contributed by atoms with Gasteiger partial charge >= 0.3 is 0 Å². The van der Waals surface area contributed by atoms with Crippen LogP contribution in [0.2, 0.25) is 0 Å². The zero-order chi connectivity index (χ0) is 9.52. The van der Waals surface area contributed by atoms with Crippen molar-refractivity contribution in [2.75, 3.05) is 19.6 Å². The Bertz CT molecular complexity index is 233. The standard InChI is InChI=1S/C10H18N2S/c1-9-4-8-13-10(9)3-7-12-6-2-5-11/h4,8,12H,2-3,5-7,11H2,1H3. The summed E-state index contributed by atoms with van der Waals surface area (Å²) in [6.45, 7) is 5.07. The van der Waals surface area contributed by atoms with Crippen LogP contribution in [-0.4, -0.2) is 19.6 Å². The molecule has 0 aromatic carbocycles. The van der Waals surface area contributed by atoms with E-state index in [0.717, 1.165) is 32.5 Å². The second kappa shape index (κ2) is 6.13. The van der Waals surface area contributed by atoms with Crippen molar-refractivity contribution in [1.82, 2.24) is 5.32 Å². The maximum Gasteiger partial charge on any atom is 0.00870 e. The molecule has 0 atom stereocenters. The Morgan fingerprint density at radius 1 is 1.46 bits per heavy atom. The maximum atomic E-state index is 5.39. The summed E-state index contributed by atoms with van der Waals surface area (Å²) in [5.74, 6) is 0. The highest BCUT2D eigenvalue weighted by atomic mass is 32.1. The topological polar surface area (TPSA) is 38.0 Å². The minimum absolute atomic E-state index is 0.783. The van der Waals surface area contributed by atoms with Gasteiger partial charge in [0, 0.05) is 4.88 Å². The van der Waals surface area contributed by atoms with E-state index in [2.05, 4.69) is 23.7 Å². The highest BCUT2D eigenvalue weighted by Gasteiger charge is 1.97. The minimum Gasteiger partial charge on any atom is -0.330 e. The predicted molar refractivity (Wildman–Crippen MR) is 59.3 cm³/mol. The molecule has 0 fully saturated rings. The average Bonchev–Trinajstić information content (AvgIpc) is 2.52. The summed E-state index contributed by atoms with van der Waals surface area (Å²) >= 11 is 1.85. The number of nitrogens with two attached hydrogens (primary N) is 1. The third kappa shape index (κ3) is 3.89. The van der Waals surface area contributed by atoms with E-state index in [4.69, 9.17) is 5.73 Å². The van der Waals surface area contributed by atoms with Crippen molar-refractivity contribution in [3.8, 4) is 0 Å². The van der Waals surface area contributed by atoms with Gasteiger partial charge in [-0.15, -0.1) is 11.3 Å². The van der Waals surface area contributed by atoms with Gasteiger partial charge in [0.2, 0.25) is 0 Å². The summed E-state index contributed by atoms with van der Waals surface area (Å²) in [7, 11) is 0. The second-order valence-electron chi connectivity index (χ2n) is 3.17. The second-order valence-corrected chi connectivity index (χ2v) is 4.17. The number of rotatable bonds is 6. The molecule has 74 valence electrons. The van der Waals surface area contributed by atoms with Crippen LogP contribution in [0.1, 0.15) is 16.9 Å². The van der Waals surface area contributed by atoms with Crippen LogP contribution >= 0.6 is 11.3 Å². The van der Waals surface area contributed by atoms with E-state index in [0.29, 0.717) is 0 Å². The van der Waals surface area contributed by atoms with Crippen LogP contribution < -0.4 is 11.1 Å². The molecule has 1 aromatic heterocycles. The summed E-state index contributed by atoms with van der Waals surface area (Å²) in [6, 6.07) is 2.18. The van der Waals surface area contributed by atoms with E-state index in [1.165, 1.54) is 10.4 Å². The minimum atomic E-state index is 0.783. The van der Waals surface area contributed by atoms with Gasteiger partial charge in [-0.2, -0.15) is 0 Å². The molecule has 0 unspecified atom stereocenters. The number of hydrogen-bond acceptors (Lipinski definition) is 3. The molecule has 0 aliphatic carbocycles. The molecule has 0 bridgehead atoms. The summed E-state index contributed by atoms with van der Waals surface area (Å²) in [5.41, 5.74) is 6.81. The van der Waals surface area contributed by atoms with E-state index in [-0.39, 0.29) is 0 Å². The fraction of sp³-hybridized carbons (Fsp3) is 0.600. The Balaban J connectivity index is 2.10. The predicted octanol–water partition coefficient (Wildman–Crippen LogP) is 1.54. The Morgan fingerprint density at radius 3 is 2.92 bits per heavy atom. The SMILES string of the molecule is Cc1ccsc1CCNCCCN. The number of thiophene rings is 1. The van der Waals surface area contributed by atoms with E-state index < -0.39 is 0 Å². The first-order valence-electron chi connectivity index (χ1n) is 4.78. The van der Waals surface area contributed by atoms with Gasteiger partial charge in [0.15, 0.2) is 0 Å². The molecule has 1 rings (SSSR count). The highest BCUT2D eigenvalue weighted by Crippen LogP contribution is 2.15. The lowest BCUT2D eigenvalue weighted by atomic mass is 10.2. The Morgan fingerprint density at radius 2 is 2.31 bits per heavy atom. The van der Waals surface area contributed by atoms with E-state index in [1.54, 1.807) is 0 Å². The molecule has 0 saturated carbocycles. The third-order valence-electron chi connectivity index (χ3n) is 2.05. The maximum absolute atomic E-state index is 5.39. The Kier molecular flexibility index (Phi) is 5.05. The number of nitrogens with one attached hydrogen (secondary N) is 1. The lowest BCUT2D eigenvalue weighted by molar-refractivity contribution is 0.655. The quantitative estimate of drug-likeness (QED) is 0.680. The van der Waals surface area contributed by atoms with Crippen LogP contribution in [0.3, 0.4) is 0 Å². The summed E-state index contributed by atoms with van der Waals surface area (Å²) < 4.78 is 0. The molecule has 0 amide bonds. The highest BCUT2D eigenvalue weighted by molar-refractivity contribution is 7.10. The van der Waals surface area contributed by atoms with Crippen molar-refractivity contribution < 1.29 is 0 Å². The molecule has 1 heterocycles. The van der Waals surface area contributed by atoms with Gasteiger partial charge in [0.05, 0.1) is 0 Å². The summed E-state index contributed by atoms with van der Waals surface area (Å²) in [4.78, 5) is 1.50. The average molecular weight is 198 g/mol. The van der Waals surface area contributed by atoms with Crippen LogP contribution in [0.15, 0.2) is 11.4 Å². The normalized spacial score (nSPS) is 10.6. The molecule has 3 N–H and O–H groups in total. The zero-order valence-electron chi connectivity index (χ0n) is 8.18. The van der Waals surface area contributed by atoms with E-state index in [9.17, 15) is 0 Å². The fourth-order valence-electron chi connectivity index (χ4n) is 1.21. The Labute approximate surface area is 84.2 Å². The van der Waals surface area contributed by atoms with E-state index >= 15 is 0 Å².